The Bertz CT molecular complexity index is 1410. The van der Waals surface area contributed by atoms with Crippen LogP contribution in [0.3, 0.4) is 0 Å². The number of nitrogens with zero attached hydrogens (tertiary/aromatic N) is 1. The largest absolute Gasteiger partial charge is 0.393 e. The van der Waals surface area contributed by atoms with Crippen LogP contribution in [-0.4, -0.2) is 50.3 Å². The van der Waals surface area contributed by atoms with Gasteiger partial charge in [0.25, 0.3) is 5.96 Å². The molecule has 0 spiro atoms. The van der Waals surface area contributed by atoms with Crippen molar-refractivity contribution in [1.82, 2.24) is 5.48 Å². The number of hydrogen-bond donors (Lipinski definition) is 2. The Balaban J connectivity index is 0.00000612. The lowest BCUT2D eigenvalue weighted by atomic mass is 10.2. The number of sulfone groups is 2. The summed E-state index contributed by atoms with van der Waals surface area (Å²) < 4.78 is 79.0. The second-order valence-electron chi connectivity index (χ2n) is 7.19. The Morgan fingerprint density at radius 2 is 1.57 bits per heavy atom. The summed E-state index contributed by atoms with van der Waals surface area (Å²) in [7, 11) is -12.6. The molecule has 2 aromatic carbocycles. The third-order valence-electron chi connectivity index (χ3n) is 3.97. The Labute approximate surface area is 210 Å². The van der Waals surface area contributed by atoms with Gasteiger partial charge in [-0.05, 0) is 54.4 Å². The molecular weight excluding hydrogens is 546 g/mol. The number of oxime groups is 1. The van der Waals surface area contributed by atoms with Gasteiger partial charge in [0.1, 0.15) is 17.3 Å². The minimum Gasteiger partial charge on any atom is -0.393 e. The molecule has 0 fully saturated rings. The zero-order chi connectivity index (χ0) is 25.7. The molecule has 3 N–H and O–H groups in total. The maximum atomic E-state index is 12.9. The second-order valence-corrected chi connectivity index (χ2v) is 12.7. The highest BCUT2D eigenvalue weighted by atomic mass is 35.5. The summed E-state index contributed by atoms with van der Waals surface area (Å²) in [6.07, 6.45) is 2.35. The van der Waals surface area contributed by atoms with Crippen molar-refractivity contribution in [2.75, 3.05) is 19.1 Å². The number of hydrogen-bond acceptors (Lipinski definition) is 10. The molecular formula is C19H26ClN3O9S3. The number of aryl methyl sites for hydroxylation is 1. The van der Waals surface area contributed by atoms with E-state index in [1.807, 2.05) is 6.92 Å². The number of nitrogens with one attached hydrogen (secondary N) is 1. The van der Waals surface area contributed by atoms with Crippen molar-refractivity contribution < 1.29 is 39.1 Å². The fourth-order valence-electron chi connectivity index (χ4n) is 2.54. The lowest BCUT2D eigenvalue weighted by Crippen LogP contribution is -2.34. The van der Waals surface area contributed by atoms with Crippen molar-refractivity contribution in [2.45, 2.75) is 35.0 Å². The summed E-state index contributed by atoms with van der Waals surface area (Å²) in [5.74, 6) is -0.274. The lowest BCUT2D eigenvalue weighted by Gasteiger charge is -2.13. The van der Waals surface area contributed by atoms with Crippen LogP contribution in [0, 0.1) is 6.92 Å². The van der Waals surface area contributed by atoms with E-state index in [0.29, 0.717) is 12.2 Å². The number of benzene rings is 2. The molecule has 196 valence electrons. The summed E-state index contributed by atoms with van der Waals surface area (Å²) in [5.41, 5.74) is 8.44. The van der Waals surface area contributed by atoms with Crippen molar-refractivity contribution >= 4 is 48.2 Å². The van der Waals surface area contributed by atoms with Gasteiger partial charge in [-0.3, -0.25) is 0 Å². The first-order chi connectivity index (χ1) is 15.6. The van der Waals surface area contributed by atoms with E-state index in [4.69, 9.17) is 19.6 Å². The molecule has 35 heavy (non-hydrogen) atoms. The SMILES string of the molecule is CCCON=C(N)NOc1cc(C)cc(OS(=O)(=O)c2ccc(S(C)(=O)=O)cc2S(C)(=O)=O)c1.Cl. The van der Waals surface area contributed by atoms with Gasteiger partial charge in [-0.25, -0.2) is 16.8 Å². The van der Waals surface area contributed by atoms with Crippen molar-refractivity contribution in [1.29, 1.82) is 0 Å². The van der Waals surface area contributed by atoms with E-state index < -0.39 is 39.6 Å². The third-order valence-corrected chi connectivity index (χ3v) is 7.66. The van der Waals surface area contributed by atoms with Gasteiger partial charge in [0.15, 0.2) is 25.4 Å². The number of rotatable bonds is 10. The summed E-state index contributed by atoms with van der Waals surface area (Å²) >= 11 is 0. The summed E-state index contributed by atoms with van der Waals surface area (Å²) in [4.78, 5) is 8.36. The molecule has 2 rings (SSSR count). The summed E-state index contributed by atoms with van der Waals surface area (Å²) in [6.45, 7) is 3.87. The van der Waals surface area contributed by atoms with E-state index in [1.165, 1.54) is 18.2 Å². The maximum Gasteiger partial charge on any atom is 0.340 e. The van der Waals surface area contributed by atoms with Crippen molar-refractivity contribution in [3.8, 4) is 11.5 Å². The van der Waals surface area contributed by atoms with Crippen LogP contribution < -0.4 is 20.2 Å². The second kappa shape index (κ2) is 11.8. The lowest BCUT2D eigenvalue weighted by molar-refractivity contribution is 0.138. The monoisotopic (exact) mass is 571 g/mol. The van der Waals surface area contributed by atoms with Crippen LogP contribution in [0.1, 0.15) is 18.9 Å². The standard InChI is InChI=1S/C19H25N3O9S3.ClH/c1-5-8-29-21-19(20)22-30-14-9-13(2)10-15(11-14)31-34(27,28)17-7-6-16(32(3,23)24)12-18(17)33(4,25)26;/h6-7,9-12H,5,8H2,1-4H3,(H3,20,21,22);1H. The fraction of sp³-hybridized carbons (Fsp3) is 0.316. The molecule has 0 aliphatic carbocycles. The molecule has 0 radical (unpaired) electrons. The quantitative estimate of drug-likeness (QED) is 0.139. The summed E-state index contributed by atoms with van der Waals surface area (Å²) in [5, 5.41) is 3.56. The van der Waals surface area contributed by atoms with Gasteiger partial charge in [0, 0.05) is 18.6 Å². The molecule has 0 aliphatic heterocycles. The van der Waals surface area contributed by atoms with Gasteiger partial charge in [-0.15, -0.1) is 12.4 Å². The molecule has 0 saturated heterocycles. The Hall–Kier alpha value is -2.75. The molecule has 0 heterocycles. The Kier molecular flexibility index (Phi) is 10.2. The predicted octanol–water partition coefficient (Wildman–Crippen LogP) is 1.53. The van der Waals surface area contributed by atoms with Crippen LogP contribution in [0.4, 0.5) is 0 Å². The van der Waals surface area contributed by atoms with E-state index in [1.54, 1.807) is 6.92 Å². The third kappa shape index (κ3) is 8.76. The molecule has 0 unspecified atom stereocenters. The fourth-order valence-corrected chi connectivity index (χ4v) is 5.78. The molecule has 0 amide bonds. The topological polar surface area (TPSA) is 181 Å². The number of nitrogens with two attached hydrogens (primary N) is 1. The van der Waals surface area contributed by atoms with Gasteiger partial charge < -0.3 is 19.6 Å². The highest BCUT2D eigenvalue weighted by Gasteiger charge is 2.28. The number of hydroxylamine groups is 1. The van der Waals surface area contributed by atoms with Gasteiger partial charge >= 0.3 is 10.1 Å². The van der Waals surface area contributed by atoms with Crippen LogP contribution in [0.15, 0.2) is 56.2 Å². The van der Waals surface area contributed by atoms with Gasteiger partial charge in [-0.2, -0.15) is 13.9 Å². The van der Waals surface area contributed by atoms with Crippen LogP contribution in [0.2, 0.25) is 0 Å². The molecule has 0 saturated carbocycles. The maximum absolute atomic E-state index is 12.9. The smallest absolute Gasteiger partial charge is 0.340 e. The average molecular weight is 572 g/mol. The zero-order valence-electron chi connectivity index (χ0n) is 19.2. The number of guanidine groups is 1. The molecule has 0 aromatic heterocycles. The number of halogens is 1. The van der Waals surface area contributed by atoms with Crippen molar-refractivity contribution in [3.63, 3.8) is 0 Å². The van der Waals surface area contributed by atoms with Crippen LogP contribution in [0.5, 0.6) is 11.5 Å². The molecule has 0 atom stereocenters. The normalized spacial score (nSPS) is 12.4. The molecule has 16 heteroatoms. The minimum atomic E-state index is -4.69. The molecule has 0 bridgehead atoms. The minimum absolute atomic E-state index is 0. The average Bonchev–Trinajstić information content (AvgIpc) is 2.70. The van der Waals surface area contributed by atoms with E-state index >= 15 is 0 Å². The first-order valence-corrected chi connectivity index (χ1v) is 14.8. The van der Waals surface area contributed by atoms with Gasteiger partial charge in [0.05, 0.1) is 9.79 Å². The molecule has 12 nitrogen and oxygen atoms in total. The van der Waals surface area contributed by atoms with Gasteiger partial charge in [0.2, 0.25) is 0 Å². The first-order valence-electron chi connectivity index (χ1n) is 9.62. The highest BCUT2D eigenvalue weighted by molar-refractivity contribution is 7.92. The molecule has 2 aromatic rings. The van der Waals surface area contributed by atoms with Crippen LogP contribution >= 0.6 is 12.4 Å². The van der Waals surface area contributed by atoms with E-state index in [9.17, 15) is 25.3 Å². The first kappa shape index (κ1) is 30.3. The molecule has 0 aliphatic rings. The Morgan fingerprint density at radius 1 is 0.943 bits per heavy atom. The highest BCUT2D eigenvalue weighted by Crippen LogP contribution is 2.29. The van der Waals surface area contributed by atoms with E-state index in [2.05, 4.69) is 10.6 Å². The predicted molar refractivity (Wildman–Crippen MR) is 131 cm³/mol. The zero-order valence-corrected chi connectivity index (χ0v) is 22.5. The van der Waals surface area contributed by atoms with Crippen molar-refractivity contribution in [3.05, 3.63) is 42.0 Å². The van der Waals surface area contributed by atoms with Crippen molar-refractivity contribution in [2.24, 2.45) is 10.9 Å². The van der Waals surface area contributed by atoms with E-state index in [0.717, 1.165) is 37.1 Å². The van der Waals surface area contributed by atoms with Gasteiger partial charge in [-0.1, -0.05) is 6.92 Å². The Morgan fingerprint density at radius 3 is 2.14 bits per heavy atom. The van der Waals surface area contributed by atoms with E-state index in [-0.39, 0.29) is 34.8 Å². The summed E-state index contributed by atoms with van der Waals surface area (Å²) in [6, 6.07) is 6.75. The van der Waals surface area contributed by atoms with Crippen LogP contribution in [0.25, 0.3) is 0 Å². The van der Waals surface area contributed by atoms with Crippen LogP contribution in [-0.2, 0) is 34.6 Å².